The van der Waals surface area contributed by atoms with Crippen LogP contribution >= 0.6 is 11.6 Å². The molecule has 0 unspecified atom stereocenters. The van der Waals surface area contributed by atoms with Crippen LogP contribution in [0, 0.1) is 0 Å². The molecule has 3 aromatic rings. The second-order valence-electron chi connectivity index (χ2n) is 4.10. The molecular weight excluding hydrogens is 246 g/mol. The first-order valence-electron chi connectivity index (χ1n) is 5.71. The van der Waals surface area contributed by atoms with Gasteiger partial charge in [-0.15, -0.1) is 0 Å². The van der Waals surface area contributed by atoms with Crippen molar-refractivity contribution in [3.05, 3.63) is 53.3 Å². The first-order chi connectivity index (χ1) is 8.78. The van der Waals surface area contributed by atoms with Crippen molar-refractivity contribution in [3.8, 4) is 11.1 Å². The molecule has 0 amide bonds. The third kappa shape index (κ3) is 1.88. The van der Waals surface area contributed by atoms with Gasteiger partial charge in [-0.25, -0.2) is 4.98 Å². The number of H-pyrrole nitrogens is 1. The van der Waals surface area contributed by atoms with E-state index in [2.05, 4.69) is 9.97 Å². The molecule has 90 valence electrons. The number of benzene rings is 2. The molecule has 1 aromatic heterocycles. The van der Waals surface area contributed by atoms with E-state index in [0.717, 1.165) is 33.0 Å². The Hall–Kier alpha value is -1.84. The maximum atomic E-state index is 6.03. The maximum Gasteiger partial charge on any atom is 0.121 e. The van der Waals surface area contributed by atoms with Gasteiger partial charge in [-0.3, -0.25) is 0 Å². The van der Waals surface area contributed by atoms with E-state index < -0.39 is 0 Å². The normalized spacial score (nSPS) is 11.0. The SMILES string of the molecule is NCc1nc2c(-c3cccc(Cl)c3)cccc2[nH]1. The number of hydrogen-bond acceptors (Lipinski definition) is 2. The van der Waals surface area contributed by atoms with E-state index in [1.807, 2.05) is 42.5 Å². The Balaban J connectivity index is 2.25. The third-order valence-corrected chi connectivity index (χ3v) is 3.13. The van der Waals surface area contributed by atoms with Crippen LogP contribution in [-0.4, -0.2) is 9.97 Å². The van der Waals surface area contributed by atoms with Gasteiger partial charge in [-0.2, -0.15) is 0 Å². The molecular formula is C14H12ClN3. The lowest BCUT2D eigenvalue weighted by atomic mass is 10.0. The zero-order chi connectivity index (χ0) is 12.5. The van der Waals surface area contributed by atoms with Crippen molar-refractivity contribution < 1.29 is 0 Å². The van der Waals surface area contributed by atoms with Crippen LogP contribution in [0.5, 0.6) is 0 Å². The van der Waals surface area contributed by atoms with E-state index in [0.29, 0.717) is 6.54 Å². The van der Waals surface area contributed by atoms with Gasteiger partial charge in [0, 0.05) is 10.6 Å². The topological polar surface area (TPSA) is 54.7 Å². The minimum Gasteiger partial charge on any atom is -0.341 e. The van der Waals surface area contributed by atoms with Gasteiger partial charge in [0.05, 0.1) is 17.6 Å². The van der Waals surface area contributed by atoms with Gasteiger partial charge < -0.3 is 10.7 Å². The first-order valence-corrected chi connectivity index (χ1v) is 6.09. The molecule has 3 N–H and O–H groups in total. The highest BCUT2D eigenvalue weighted by Gasteiger charge is 2.08. The van der Waals surface area contributed by atoms with Gasteiger partial charge in [-0.1, -0.05) is 35.9 Å². The van der Waals surface area contributed by atoms with E-state index in [-0.39, 0.29) is 0 Å². The first kappa shape index (κ1) is 11.3. The van der Waals surface area contributed by atoms with E-state index >= 15 is 0 Å². The van der Waals surface area contributed by atoms with E-state index in [4.69, 9.17) is 17.3 Å². The largest absolute Gasteiger partial charge is 0.341 e. The lowest BCUT2D eigenvalue weighted by Crippen LogP contribution is -1.97. The molecule has 0 aliphatic carbocycles. The molecule has 3 rings (SSSR count). The number of nitrogens with zero attached hydrogens (tertiary/aromatic N) is 1. The monoisotopic (exact) mass is 257 g/mol. The van der Waals surface area contributed by atoms with E-state index in [1.54, 1.807) is 0 Å². The fourth-order valence-corrected chi connectivity index (χ4v) is 2.26. The minimum atomic E-state index is 0.406. The van der Waals surface area contributed by atoms with Crippen molar-refractivity contribution in [2.75, 3.05) is 0 Å². The van der Waals surface area contributed by atoms with Gasteiger partial charge in [-0.05, 0) is 23.8 Å². The second kappa shape index (κ2) is 4.44. The summed E-state index contributed by atoms with van der Waals surface area (Å²) in [6, 6.07) is 13.8. The number of hydrogen-bond donors (Lipinski definition) is 2. The molecule has 0 saturated carbocycles. The van der Waals surface area contributed by atoms with Crippen LogP contribution in [0.25, 0.3) is 22.2 Å². The Bertz CT molecular complexity index is 703. The molecule has 0 aliphatic rings. The average molecular weight is 258 g/mol. The number of aromatic nitrogens is 2. The van der Waals surface area contributed by atoms with E-state index in [1.165, 1.54) is 0 Å². The molecule has 0 spiro atoms. The van der Waals surface area contributed by atoms with Gasteiger partial charge in [0.1, 0.15) is 5.82 Å². The summed E-state index contributed by atoms with van der Waals surface area (Å²) in [5, 5.41) is 0.721. The quantitative estimate of drug-likeness (QED) is 0.740. The molecule has 0 fully saturated rings. The summed E-state index contributed by atoms with van der Waals surface area (Å²) >= 11 is 6.03. The molecule has 0 atom stereocenters. The average Bonchev–Trinajstić information content (AvgIpc) is 2.81. The van der Waals surface area contributed by atoms with Crippen molar-refractivity contribution in [3.63, 3.8) is 0 Å². The van der Waals surface area contributed by atoms with Crippen molar-refractivity contribution >= 4 is 22.6 Å². The molecule has 0 bridgehead atoms. The van der Waals surface area contributed by atoms with Crippen LogP contribution in [0.15, 0.2) is 42.5 Å². The fraction of sp³-hybridized carbons (Fsp3) is 0.0714. The Morgan fingerprint density at radius 3 is 2.78 bits per heavy atom. The summed E-state index contributed by atoms with van der Waals surface area (Å²) in [4.78, 5) is 7.71. The Labute approximate surface area is 110 Å². The van der Waals surface area contributed by atoms with Crippen molar-refractivity contribution in [1.82, 2.24) is 9.97 Å². The van der Waals surface area contributed by atoms with Crippen LogP contribution in [0.2, 0.25) is 5.02 Å². The Kier molecular flexibility index (Phi) is 2.78. The van der Waals surface area contributed by atoms with Crippen LogP contribution in [0.4, 0.5) is 0 Å². The molecule has 2 aromatic carbocycles. The summed E-state index contributed by atoms with van der Waals surface area (Å²) in [5.74, 6) is 0.791. The van der Waals surface area contributed by atoms with E-state index in [9.17, 15) is 0 Å². The van der Waals surface area contributed by atoms with Crippen molar-refractivity contribution in [2.24, 2.45) is 5.73 Å². The molecule has 0 radical (unpaired) electrons. The predicted molar refractivity (Wildman–Crippen MR) is 74.4 cm³/mol. The highest BCUT2D eigenvalue weighted by atomic mass is 35.5. The summed E-state index contributed by atoms with van der Waals surface area (Å²) < 4.78 is 0. The second-order valence-corrected chi connectivity index (χ2v) is 4.54. The third-order valence-electron chi connectivity index (χ3n) is 2.89. The standard InChI is InChI=1S/C14H12ClN3/c15-10-4-1-3-9(7-10)11-5-2-6-12-14(11)18-13(8-16)17-12/h1-7H,8,16H2,(H,17,18). The molecule has 4 heteroatoms. The molecule has 3 nitrogen and oxygen atoms in total. The number of rotatable bonds is 2. The molecule has 1 heterocycles. The lowest BCUT2D eigenvalue weighted by Gasteiger charge is -2.02. The summed E-state index contributed by atoms with van der Waals surface area (Å²) in [6.07, 6.45) is 0. The van der Waals surface area contributed by atoms with Crippen LogP contribution in [0.1, 0.15) is 5.82 Å². The summed E-state index contributed by atoms with van der Waals surface area (Å²) in [5.41, 5.74) is 9.66. The highest BCUT2D eigenvalue weighted by molar-refractivity contribution is 6.30. The minimum absolute atomic E-state index is 0.406. The number of imidazole rings is 1. The lowest BCUT2D eigenvalue weighted by molar-refractivity contribution is 0.959. The number of para-hydroxylation sites is 1. The van der Waals surface area contributed by atoms with Crippen LogP contribution in [0.3, 0.4) is 0 Å². The smallest absolute Gasteiger partial charge is 0.121 e. The molecule has 0 saturated heterocycles. The highest BCUT2D eigenvalue weighted by Crippen LogP contribution is 2.28. The zero-order valence-corrected chi connectivity index (χ0v) is 10.4. The number of nitrogens with one attached hydrogen (secondary N) is 1. The van der Waals surface area contributed by atoms with Crippen LogP contribution < -0.4 is 5.73 Å². The molecule has 18 heavy (non-hydrogen) atoms. The van der Waals surface area contributed by atoms with Crippen LogP contribution in [-0.2, 0) is 6.54 Å². The Morgan fingerprint density at radius 1 is 1.17 bits per heavy atom. The van der Waals surface area contributed by atoms with Crippen molar-refractivity contribution in [1.29, 1.82) is 0 Å². The van der Waals surface area contributed by atoms with Gasteiger partial charge >= 0.3 is 0 Å². The maximum absolute atomic E-state index is 6.03. The number of fused-ring (bicyclic) bond motifs is 1. The fourth-order valence-electron chi connectivity index (χ4n) is 2.07. The summed E-state index contributed by atoms with van der Waals surface area (Å²) in [7, 11) is 0. The number of aromatic amines is 1. The predicted octanol–water partition coefficient (Wildman–Crippen LogP) is 3.34. The van der Waals surface area contributed by atoms with Gasteiger partial charge in [0.25, 0.3) is 0 Å². The number of nitrogens with two attached hydrogens (primary N) is 1. The van der Waals surface area contributed by atoms with Crippen molar-refractivity contribution in [2.45, 2.75) is 6.54 Å². The Morgan fingerprint density at radius 2 is 2.00 bits per heavy atom. The summed E-state index contributed by atoms with van der Waals surface area (Å²) in [6.45, 7) is 0.406. The zero-order valence-electron chi connectivity index (χ0n) is 9.65. The van der Waals surface area contributed by atoms with Gasteiger partial charge in [0.2, 0.25) is 0 Å². The van der Waals surface area contributed by atoms with Gasteiger partial charge in [0.15, 0.2) is 0 Å². The molecule has 0 aliphatic heterocycles. The number of halogens is 1.